The number of nitrogens with zero attached hydrogens (tertiary/aromatic N) is 2. The summed E-state index contributed by atoms with van der Waals surface area (Å²) in [5.74, 6) is 0.875. The van der Waals surface area contributed by atoms with Gasteiger partial charge < -0.3 is 4.74 Å². The van der Waals surface area contributed by atoms with Crippen molar-refractivity contribution in [2.75, 3.05) is 20.2 Å². The maximum atomic E-state index is 5.34. The van der Waals surface area contributed by atoms with Gasteiger partial charge in [0.15, 0.2) is 0 Å². The minimum atomic E-state index is 0.871. The fourth-order valence-corrected chi connectivity index (χ4v) is 3.55. The first kappa shape index (κ1) is 17.5. The summed E-state index contributed by atoms with van der Waals surface area (Å²) in [6.45, 7) is 2.90. The van der Waals surface area contributed by atoms with Crippen LogP contribution in [0.5, 0.6) is 5.75 Å². The first-order chi connectivity index (χ1) is 13.3. The fraction of sp³-hybridized carbons (Fsp3) is 0.208. The molecule has 0 fully saturated rings. The van der Waals surface area contributed by atoms with Crippen LogP contribution in [-0.2, 0) is 6.54 Å². The van der Waals surface area contributed by atoms with Gasteiger partial charge in [-0.25, -0.2) is 0 Å². The smallest absolute Gasteiger partial charge is 0.119 e. The summed E-state index contributed by atoms with van der Waals surface area (Å²) in [6, 6.07) is 23.1. The van der Waals surface area contributed by atoms with Crippen molar-refractivity contribution in [2.45, 2.75) is 13.0 Å². The van der Waals surface area contributed by atoms with E-state index in [-0.39, 0.29) is 0 Å². The molecule has 1 aromatic heterocycles. The first-order valence-corrected chi connectivity index (χ1v) is 9.38. The minimum absolute atomic E-state index is 0.871. The van der Waals surface area contributed by atoms with Gasteiger partial charge in [-0.15, -0.1) is 0 Å². The Morgan fingerprint density at radius 1 is 0.926 bits per heavy atom. The van der Waals surface area contributed by atoms with E-state index in [2.05, 4.69) is 70.6 Å². The molecule has 0 radical (unpaired) electrons. The van der Waals surface area contributed by atoms with Crippen LogP contribution in [0, 0.1) is 0 Å². The molecule has 0 saturated carbocycles. The van der Waals surface area contributed by atoms with E-state index in [4.69, 9.17) is 4.74 Å². The van der Waals surface area contributed by atoms with Crippen LogP contribution in [0.25, 0.3) is 16.7 Å². The zero-order chi connectivity index (χ0) is 18.5. The molecular formula is C24H24N2O. The molecule has 136 valence electrons. The first-order valence-electron chi connectivity index (χ1n) is 9.38. The molecule has 3 nitrogen and oxygen atoms in total. The Labute approximate surface area is 160 Å². The molecule has 4 rings (SSSR count). The summed E-state index contributed by atoms with van der Waals surface area (Å²) in [5, 5.41) is 0. The molecule has 0 aliphatic carbocycles. The van der Waals surface area contributed by atoms with Crippen LogP contribution < -0.4 is 4.74 Å². The largest absolute Gasteiger partial charge is 0.497 e. The number of benzene rings is 2. The van der Waals surface area contributed by atoms with Crippen LogP contribution in [0.1, 0.15) is 17.7 Å². The SMILES string of the molecule is COc1cccc(-c2ccnc(CN3CC=C(c4ccccc4)CC3)c2)c1. The van der Waals surface area contributed by atoms with E-state index in [1.165, 1.54) is 16.7 Å². The average molecular weight is 356 g/mol. The van der Waals surface area contributed by atoms with Crippen LogP contribution >= 0.6 is 0 Å². The molecule has 0 spiro atoms. The molecule has 3 aromatic rings. The van der Waals surface area contributed by atoms with E-state index in [0.29, 0.717) is 0 Å². The fourth-order valence-electron chi connectivity index (χ4n) is 3.55. The Kier molecular flexibility index (Phi) is 5.31. The minimum Gasteiger partial charge on any atom is -0.497 e. The van der Waals surface area contributed by atoms with Gasteiger partial charge in [0.05, 0.1) is 12.8 Å². The lowest BCUT2D eigenvalue weighted by molar-refractivity contribution is 0.290. The Hall–Kier alpha value is -2.91. The Morgan fingerprint density at radius 2 is 1.74 bits per heavy atom. The van der Waals surface area contributed by atoms with Crippen molar-refractivity contribution >= 4 is 5.57 Å². The van der Waals surface area contributed by atoms with Crippen molar-refractivity contribution in [3.63, 3.8) is 0 Å². The Balaban J connectivity index is 1.45. The number of ether oxygens (including phenoxy) is 1. The second kappa shape index (κ2) is 8.19. The van der Waals surface area contributed by atoms with E-state index < -0.39 is 0 Å². The van der Waals surface area contributed by atoms with E-state index in [1.807, 2.05) is 18.3 Å². The second-order valence-corrected chi connectivity index (χ2v) is 6.85. The molecule has 2 aromatic carbocycles. The third-order valence-corrected chi connectivity index (χ3v) is 5.04. The summed E-state index contributed by atoms with van der Waals surface area (Å²) in [5.41, 5.74) is 6.23. The van der Waals surface area contributed by atoms with Crippen molar-refractivity contribution < 1.29 is 4.74 Å². The van der Waals surface area contributed by atoms with Gasteiger partial charge in [0.2, 0.25) is 0 Å². The summed E-state index contributed by atoms with van der Waals surface area (Å²) >= 11 is 0. The monoisotopic (exact) mass is 356 g/mol. The zero-order valence-electron chi connectivity index (χ0n) is 15.6. The molecule has 3 heteroatoms. The molecular weight excluding hydrogens is 332 g/mol. The maximum Gasteiger partial charge on any atom is 0.119 e. The molecule has 0 unspecified atom stereocenters. The lowest BCUT2D eigenvalue weighted by Crippen LogP contribution is -2.28. The van der Waals surface area contributed by atoms with Gasteiger partial charge in [0.1, 0.15) is 5.75 Å². The summed E-state index contributed by atoms with van der Waals surface area (Å²) < 4.78 is 5.34. The van der Waals surface area contributed by atoms with Gasteiger partial charge in [-0.2, -0.15) is 0 Å². The highest BCUT2D eigenvalue weighted by atomic mass is 16.5. The second-order valence-electron chi connectivity index (χ2n) is 6.85. The third-order valence-electron chi connectivity index (χ3n) is 5.04. The lowest BCUT2D eigenvalue weighted by Gasteiger charge is -2.26. The molecule has 0 atom stereocenters. The van der Waals surface area contributed by atoms with Crippen LogP contribution in [0.2, 0.25) is 0 Å². The standard InChI is InChI=1S/C24H24N2O/c1-27-24-9-5-8-21(17-24)22-10-13-25-23(16-22)18-26-14-11-20(12-15-26)19-6-3-2-4-7-19/h2-11,13,16-17H,12,14-15,18H2,1H3. The highest BCUT2D eigenvalue weighted by molar-refractivity contribution is 5.67. The van der Waals surface area contributed by atoms with E-state index in [1.54, 1.807) is 7.11 Å². The van der Waals surface area contributed by atoms with Gasteiger partial charge in [-0.05, 0) is 52.9 Å². The number of hydrogen-bond acceptors (Lipinski definition) is 3. The van der Waals surface area contributed by atoms with Gasteiger partial charge in [0, 0.05) is 25.8 Å². The van der Waals surface area contributed by atoms with Crippen molar-refractivity contribution in [3.05, 3.63) is 90.3 Å². The van der Waals surface area contributed by atoms with Crippen LogP contribution in [0.3, 0.4) is 0 Å². The van der Waals surface area contributed by atoms with Crippen LogP contribution in [0.4, 0.5) is 0 Å². The van der Waals surface area contributed by atoms with Gasteiger partial charge in [-0.1, -0.05) is 48.5 Å². The van der Waals surface area contributed by atoms with Crippen LogP contribution in [0.15, 0.2) is 79.0 Å². The Morgan fingerprint density at radius 3 is 2.52 bits per heavy atom. The predicted octanol–water partition coefficient (Wildman–Crippen LogP) is 5.05. The molecule has 2 heterocycles. The lowest BCUT2D eigenvalue weighted by atomic mass is 9.99. The maximum absolute atomic E-state index is 5.34. The zero-order valence-corrected chi connectivity index (χ0v) is 15.6. The molecule has 0 N–H and O–H groups in total. The number of hydrogen-bond donors (Lipinski definition) is 0. The summed E-state index contributed by atoms with van der Waals surface area (Å²) in [4.78, 5) is 7.03. The van der Waals surface area contributed by atoms with E-state index in [0.717, 1.165) is 43.1 Å². The topological polar surface area (TPSA) is 25.4 Å². The van der Waals surface area contributed by atoms with E-state index in [9.17, 15) is 0 Å². The summed E-state index contributed by atoms with van der Waals surface area (Å²) in [6.07, 6.45) is 5.34. The molecule has 0 amide bonds. The molecule has 1 aliphatic heterocycles. The number of rotatable bonds is 5. The molecule has 0 bridgehead atoms. The number of methoxy groups -OCH3 is 1. The normalized spacial score (nSPS) is 14.6. The molecule has 0 saturated heterocycles. The van der Waals surface area contributed by atoms with Gasteiger partial charge in [-0.3, -0.25) is 9.88 Å². The highest BCUT2D eigenvalue weighted by Gasteiger charge is 2.14. The predicted molar refractivity (Wildman–Crippen MR) is 111 cm³/mol. The van der Waals surface area contributed by atoms with Crippen molar-refractivity contribution in [1.29, 1.82) is 0 Å². The van der Waals surface area contributed by atoms with Crippen LogP contribution in [-0.4, -0.2) is 30.1 Å². The highest BCUT2D eigenvalue weighted by Crippen LogP contribution is 2.25. The molecule has 1 aliphatic rings. The number of aromatic nitrogens is 1. The third kappa shape index (κ3) is 4.26. The Bertz CT molecular complexity index is 934. The average Bonchev–Trinajstić information content (AvgIpc) is 2.75. The molecule has 27 heavy (non-hydrogen) atoms. The van der Waals surface area contributed by atoms with E-state index >= 15 is 0 Å². The van der Waals surface area contributed by atoms with Gasteiger partial charge in [0.25, 0.3) is 0 Å². The van der Waals surface area contributed by atoms with Gasteiger partial charge >= 0.3 is 0 Å². The summed E-state index contributed by atoms with van der Waals surface area (Å²) in [7, 11) is 1.70. The van der Waals surface area contributed by atoms with Crippen molar-refractivity contribution in [3.8, 4) is 16.9 Å². The van der Waals surface area contributed by atoms with Crippen molar-refractivity contribution in [1.82, 2.24) is 9.88 Å². The number of pyridine rings is 1. The quantitative estimate of drug-likeness (QED) is 0.640. The van der Waals surface area contributed by atoms with Crippen molar-refractivity contribution in [2.24, 2.45) is 0 Å².